The first-order valence-corrected chi connectivity index (χ1v) is 8.46. The van der Waals surface area contributed by atoms with Gasteiger partial charge in [0.15, 0.2) is 0 Å². The smallest absolute Gasteiger partial charge is 0.248 e. The molecule has 5 nitrogen and oxygen atoms in total. The van der Waals surface area contributed by atoms with Gasteiger partial charge in [0.25, 0.3) is 0 Å². The van der Waals surface area contributed by atoms with Gasteiger partial charge >= 0.3 is 0 Å². The third-order valence-electron chi connectivity index (χ3n) is 5.74. The van der Waals surface area contributed by atoms with Crippen molar-refractivity contribution in [3.05, 3.63) is 35.4 Å². The predicted octanol–water partition coefficient (Wildman–Crippen LogP) is 1.06. The van der Waals surface area contributed by atoms with E-state index >= 15 is 0 Å². The molecule has 5 heteroatoms. The van der Waals surface area contributed by atoms with E-state index in [1.807, 2.05) is 12.1 Å². The number of fused-ring (bicyclic) bond motifs is 1. The van der Waals surface area contributed by atoms with Gasteiger partial charge in [0, 0.05) is 30.1 Å². The molecule has 0 spiro atoms. The quantitative estimate of drug-likeness (QED) is 0.871. The second-order valence-corrected chi connectivity index (χ2v) is 7.17. The van der Waals surface area contributed by atoms with Gasteiger partial charge in [0.05, 0.1) is 6.61 Å². The van der Waals surface area contributed by atoms with E-state index in [1.165, 1.54) is 12.0 Å². The Labute approximate surface area is 138 Å². The van der Waals surface area contributed by atoms with E-state index in [2.05, 4.69) is 16.8 Å². The van der Waals surface area contributed by atoms with Gasteiger partial charge in [0.2, 0.25) is 5.91 Å². The number of aliphatic hydroxyl groups excluding tert-OH is 1. The van der Waals surface area contributed by atoms with Crippen LogP contribution in [0.3, 0.4) is 0 Å². The molecule has 2 atom stereocenters. The minimum atomic E-state index is -0.383. The highest BCUT2D eigenvalue weighted by atomic mass is 16.3. The normalized spacial score (nSPS) is 29.2. The van der Waals surface area contributed by atoms with Crippen LogP contribution in [0.4, 0.5) is 0 Å². The number of primary amides is 1. The van der Waals surface area contributed by atoms with Gasteiger partial charge in [-0.15, -0.1) is 0 Å². The summed E-state index contributed by atoms with van der Waals surface area (Å²) in [5.74, 6) is -0.383. The number of carbonyl (C=O) groups excluding carboxylic acids is 1. The fourth-order valence-corrected chi connectivity index (χ4v) is 4.25. The number of benzene rings is 1. The van der Waals surface area contributed by atoms with Crippen LogP contribution in [0.1, 0.15) is 35.2 Å². The van der Waals surface area contributed by atoms with Crippen molar-refractivity contribution in [2.75, 3.05) is 33.3 Å². The van der Waals surface area contributed by atoms with E-state index < -0.39 is 0 Å². The molecule has 0 aliphatic carbocycles. The molecule has 2 fully saturated rings. The maximum Gasteiger partial charge on any atom is 0.248 e. The summed E-state index contributed by atoms with van der Waals surface area (Å²) >= 11 is 0. The molecule has 0 saturated carbocycles. The predicted molar refractivity (Wildman–Crippen MR) is 90.0 cm³/mol. The van der Waals surface area contributed by atoms with Crippen LogP contribution in [-0.4, -0.2) is 60.1 Å². The summed E-state index contributed by atoms with van der Waals surface area (Å²) in [7, 11) is 2.18. The largest absolute Gasteiger partial charge is 0.396 e. The monoisotopic (exact) mass is 317 g/mol. The number of rotatable bonds is 4. The Morgan fingerprint density at radius 1 is 1.30 bits per heavy atom. The standard InChI is InChI=1S/C18H27N3O2/c1-20-9-2-7-18(13-22)8-10-21(12-16(18)20)11-14-3-5-15(6-4-14)17(19)23/h3-6,16,22H,2,7-13H2,1H3,(H2,19,23)/t16-,18-/m1/s1. The molecule has 0 aromatic heterocycles. The van der Waals surface area contributed by atoms with Crippen LogP contribution >= 0.6 is 0 Å². The number of carbonyl (C=O) groups is 1. The first-order valence-electron chi connectivity index (χ1n) is 8.46. The van der Waals surface area contributed by atoms with Gasteiger partial charge in [-0.2, -0.15) is 0 Å². The van der Waals surface area contributed by atoms with Crippen LogP contribution in [0.25, 0.3) is 0 Å². The number of piperidine rings is 2. The van der Waals surface area contributed by atoms with Crippen molar-refractivity contribution in [2.45, 2.75) is 31.8 Å². The Morgan fingerprint density at radius 3 is 2.70 bits per heavy atom. The number of nitrogens with two attached hydrogens (primary N) is 1. The lowest BCUT2D eigenvalue weighted by Crippen LogP contribution is -2.61. The maximum absolute atomic E-state index is 11.1. The number of hydrogen-bond acceptors (Lipinski definition) is 4. The maximum atomic E-state index is 11.1. The first-order chi connectivity index (χ1) is 11.0. The summed E-state index contributed by atoms with van der Waals surface area (Å²) in [5.41, 5.74) is 7.12. The fourth-order valence-electron chi connectivity index (χ4n) is 4.25. The van der Waals surface area contributed by atoms with Crippen LogP contribution < -0.4 is 5.73 Å². The fraction of sp³-hybridized carbons (Fsp3) is 0.611. The lowest BCUT2D eigenvalue weighted by atomic mass is 9.69. The van der Waals surface area contributed by atoms with Crippen LogP contribution in [0, 0.1) is 5.41 Å². The highest BCUT2D eigenvalue weighted by Crippen LogP contribution is 2.41. The topological polar surface area (TPSA) is 69.8 Å². The Hall–Kier alpha value is -1.43. The molecule has 2 saturated heterocycles. The molecule has 23 heavy (non-hydrogen) atoms. The van der Waals surface area contributed by atoms with Gasteiger partial charge in [0.1, 0.15) is 0 Å². The molecule has 1 amide bonds. The number of amides is 1. The third kappa shape index (κ3) is 3.27. The minimum Gasteiger partial charge on any atom is -0.396 e. The molecule has 2 heterocycles. The van der Waals surface area contributed by atoms with Gasteiger partial charge in [-0.1, -0.05) is 12.1 Å². The number of likely N-dealkylation sites (tertiary alicyclic amines) is 2. The van der Waals surface area contributed by atoms with Crippen LogP contribution in [-0.2, 0) is 6.54 Å². The molecule has 2 aliphatic heterocycles. The lowest BCUT2D eigenvalue weighted by molar-refractivity contribution is -0.0684. The highest BCUT2D eigenvalue weighted by molar-refractivity contribution is 5.92. The molecule has 0 radical (unpaired) electrons. The van der Waals surface area contributed by atoms with Crippen molar-refractivity contribution in [1.82, 2.24) is 9.80 Å². The zero-order valence-electron chi connectivity index (χ0n) is 13.9. The zero-order chi connectivity index (χ0) is 16.4. The number of aliphatic hydroxyl groups is 1. The van der Waals surface area contributed by atoms with Crippen LogP contribution in [0.2, 0.25) is 0 Å². The van der Waals surface area contributed by atoms with Crippen LogP contribution in [0.15, 0.2) is 24.3 Å². The Balaban J connectivity index is 1.67. The minimum absolute atomic E-state index is 0.0827. The summed E-state index contributed by atoms with van der Waals surface area (Å²) in [6, 6.07) is 8.00. The van der Waals surface area contributed by atoms with Gasteiger partial charge in [-0.3, -0.25) is 9.69 Å². The molecule has 2 aliphatic rings. The second-order valence-electron chi connectivity index (χ2n) is 7.17. The highest BCUT2D eigenvalue weighted by Gasteiger charge is 2.46. The first kappa shape index (κ1) is 16.4. The Morgan fingerprint density at radius 2 is 2.04 bits per heavy atom. The van der Waals surface area contributed by atoms with Gasteiger partial charge in [-0.25, -0.2) is 0 Å². The van der Waals surface area contributed by atoms with E-state index in [-0.39, 0.29) is 11.3 Å². The molecule has 3 rings (SSSR count). The zero-order valence-corrected chi connectivity index (χ0v) is 13.9. The summed E-state index contributed by atoms with van der Waals surface area (Å²) in [5, 5.41) is 9.96. The molecule has 3 N–H and O–H groups in total. The molecule has 1 aromatic carbocycles. The SMILES string of the molecule is CN1CCC[C@]2(CO)CCN(Cc3ccc(C(N)=O)cc3)C[C@@H]12. The molecule has 126 valence electrons. The molecular formula is C18H27N3O2. The van der Waals surface area contributed by atoms with Crippen molar-refractivity contribution in [2.24, 2.45) is 11.1 Å². The summed E-state index contributed by atoms with van der Waals surface area (Å²) in [4.78, 5) is 16.0. The summed E-state index contributed by atoms with van der Waals surface area (Å²) < 4.78 is 0. The van der Waals surface area contributed by atoms with Crippen molar-refractivity contribution in [3.8, 4) is 0 Å². The average Bonchev–Trinajstić information content (AvgIpc) is 2.56. The van der Waals surface area contributed by atoms with Crippen molar-refractivity contribution >= 4 is 5.91 Å². The van der Waals surface area contributed by atoms with Crippen molar-refractivity contribution < 1.29 is 9.90 Å². The van der Waals surface area contributed by atoms with E-state index in [1.54, 1.807) is 12.1 Å². The molecular weight excluding hydrogens is 290 g/mol. The Bertz CT molecular complexity index is 560. The number of nitrogens with zero attached hydrogens (tertiary/aromatic N) is 2. The number of hydrogen-bond donors (Lipinski definition) is 2. The van der Waals surface area contributed by atoms with E-state index in [9.17, 15) is 9.90 Å². The van der Waals surface area contributed by atoms with Crippen molar-refractivity contribution in [3.63, 3.8) is 0 Å². The summed E-state index contributed by atoms with van der Waals surface area (Å²) in [6.07, 6.45) is 3.37. The van der Waals surface area contributed by atoms with Gasteiger partial charge < -0.3 is 15.7 Å². The van der Waals surface area contributed by atoms with Crippen molar-refractivity contribution in [1.29, 1.82) is 0 Å². The van der Waals surface area contributed by atoms with Crippen LogP contribution in [0.5, 0.6) is 0 Å². The van der Waals surface area contributed by atoms with Gasteiger partial charge in [-0.05, 0) is 57.1 Å². The molecule has 0 bridgehead atoms. The second kappa shape index (κ2) is 6.59. The Kier molecular flexibility index (Phi) is 4.71. The molecule has 0 unspecified atom stereocenters. The molecule has 1 aromatic rings. The summed E-state index contributed by atoms with van der Waals surface area (Å²) in [6.45, 7) is 4.30. The third-order valence-corrected chi connectivity index (χ3v) is 5.74. The van der Waals surface area contributed by atoms with E-state index in [4.69, 9.17) is 5.73 Å². The number of likely N-dealkylation sites (N-methyl/N-ethyl adjacent to an activating group) is 1. The lowest BCUT2D eigenvalue weighted by Gasteiger charge is -2.53. The van der Waals surface area contributed by atoms with E-state index in [0.717, 1.165) is 39.0 Å². The average molecular weight is 317 g/mol. The van der Waals surface area contributed by atoms with E-state index in [0.29, 0.717) is 18.2 Å².